The summed E-state index contributed by atoms with van der Waals surface area (Å²) in [6.45, 7) is 4.04. The van der Waals surface area contributed by atoms with Gasteiger partial charge in [-0.3, -0.25) is 4.79 Å². The molecule has 1 rings (SSSR count). The predicted octanol–water partition coefficient (Wildman–Crippen LogP) is 3.93. The summed E-state index contributed by atoms with van der Waals surface area (Å²) in [4.78, 5) is 11.4. The van der Waals surface area contributed by atoms with Crippen molar-refractivity contribution < 1.29 is 13.9 Å². The molecule has 0 saturated heterocycles. The fourth-order valence-corrected chi connectivity index (χ4v) is 1.47. The summed E-state index contributed by atoms with van der Waals surface area (Å²) in [5.74, 6) is -0.513. The maximum absolute atomic E-state index is 13.3. The molecule has 0 bridgehead atoms. The average molecular weight is 289 g/mol. The van der Waals surface area contributed by atoms with Crippen molar-refractivity contribution in [1.82, 2.24) is 0 Å². The van der Waals surface area contributed by atoms with Crippen molar-refractivity contribution in [3.63, 3.8) is 0 Å². The van der Waals surface area contributed by atoms with Crippen molar-refractivity contribution in [3.8, 4) is 5.75 Å². The number of hydrogen-bond acceptors (Lipinski definition) is 2. The fourth-order valence-electron chi connectivity index (χ4n) is 1.14. The first kappa shape index (κ1) is 13.2. The Morgan fingerprint density at radius 3 is 2.75 bits per heavy atom. The largest absolute Gasteiger partial charge is 0.423 e. The van der Waals surface area contributed by atoms with E-state index in [1.165, 1.54) is 12.1 Å². The first-order valence-corrected chi connectivity index (χ1v) is 5.94. The van der Waals surface area contributed by atoms with E-state index in [2.05, 4.69) is 15.9 Å². The second kappa shape index (κ2) is 5.99. The van der Waals surface area contributed by atoms with Gasteiger partial charge in [0.15, 0.2) is 11.6 Å². The molecule has 0 radical (unpaired) electrons. The Morgan fingerprint density at radius 1 is 1.50 bits per heavy atom. The number of rotatable bonds is 4. The van der Waals surface area contributed by atoms with Crippen LogP contribution in [0.2, 0.25) is 0 Å². The van der Waals surface area contributed by atoms with Crippen molar-refractivity contribution in [1.29, 1.82) is 0 Å². The van der Waals surface area contributed by atoms with Crippen molar-refractivity contribution in [2.45, 2.75) is 26.7 Å². The number of hydrogen-bond donors (Lipinski definition) is 0. The first-order valence-electron chi connectivity index (χ1n) is 5.14. The second-order valence-corrected chi connectivity index (χ2v) is 4.90. The highest BCUT2D eigenvalue weighted by Crippen LogP contribution is 2.22. The summed E-state index contributed by atoms with van der Waals surface area (Å²) in [6.07, 6.45) is 1.06. The molecule has 0 fully saturated rings. The van der Waals surface area contributed by atoms with Crippen molar-refractivity contribution in [3.05, 3.63) is 28.5 Å². The minimum Gasteiger partial charge on any atom is -0.423 e. The Morgan fingerprint density at radius 2 is 2.19 bits per heavy atom. The van der Waals surface area contributed by atoms with Crippen LogP contribution in [0.3, 0.4) is 0 Å². The number of carbonyl (C=O) groups excluding carboxylic acids is 1. The van der Waals surface area contributed by atoms with Crippen LogP contribution in [0.4, 0.5) is 4.39 Å². The maximum atomic E-state index is 13.3. The zero-order chi connectivity index (χ0) is 12.1. The molecule has 2 nitrogen and oxygen atoms in total. The SMILES string of the molecule is CC(C)CCC(=O)Oc1ccc(Br)cc1F. The molecular weight excluding hydrogens is 275 g/mol. The zero-order valence-corrected chi connectivity index (χ0v) is 10.9. The van der Waals surface area contributed by atoms with Gasteiger partial charge in [0, 0.05) is 10.9 Å². The first-order chi connectivity index (χ1) is 7.49. The number of halogens is 2. The van der Waals surface area contributed by atoms with E-state index in [0.717, 1.165) is 6.42 Å². The van der Waals surface area contributed by atoms with Gasteiger partial charge in [0.25, 0.3) is 0 Å². The second-order valence-electron chi connectivity index (χ2n) is 3.98. The lowest BCUT2D eigenvalue weighted by Gasteiger charge is -2.06. The van der Waals surface area contributed by atoms with Crippen LogP contribution in [-0.4, -0.2) is 5.97 Å². The van der Waals surface area contributed by atoms with Crippen LogP contribution in [0.15, 0.2) is 22.7 Å². The lowest BCUT2D eigenvalue weighted by atomic mass is 10.1. The van der Waals surface area contributed by atoms with Gasteiger partial charge in [0.05, 0.1) is 0 Å². The third-order valence-electron chi connectivity index (χ3n) is 2.04. The molecule has 0 atom stereocenters. The van der Waals surface area contributed by atoms with Gasteiger partial charge in [-0.05, 0) is 30.5 Å². The van der Waals surface area contributed by atoms with E-state index in [0.29, 0.717) is 16.8 Å². The molecule has 0 saturated carbocycles. The van der Waals surface area contributed by atoms with Crippen LogP contribution in [0.5, 0.6) is 5.75 Å². The van der Waals surface area contributed by atoms with Gasteiger partial charge in [0.1, 0.15) is 0 Å². The van der Waals surface area contributed by atoms with Crippen LogP contribution < -0.4 is 4.74 Å². The molecule has 0 aliphatic heterocycles. The lowest BCUT2D eigenvalue weighted by molar-refractivity contribution is -0.134. The summed E-state index contributed by atoms with van der Waals surface area (Å²) in [6, 6.07) is 4.34. The van der Waals surface area contributed by atoms with Crippen molar-refractivity contribution in [2.75, 3.05) is 0 Å². The Balaban J connectivity index is 2.56. The van der Waals surface area contributed by atoms with Crippen LogP contribution >= 0.6 is 15.9 Å². The third-order valence-corrected chi connectivity index (χ3v) is 2.54. The average Bonchev–Trinajstić information content (AvgIpc) is 2.19. The van der Waals surface area contributed by atoms with Crippen LogP contribution in [0.25, 0.3) is 0 Å². The highest BCUT2D eigenvalue weighted by molar-refractivity contribution is 9.10. The highest BCUT2D eigenvalue weighted by atomic mass is 79.9. The van der Waals surface area contributed by atoms with E-state index in [1.807, 2.05) is 13.8 Å². The summed E-state index contributed by atoms with van der Waals surface area (Å²) < 4.78 is 18.8. The smallest absolute Gasteiger partial charge is 0.311 e. The summed E-state index contributed by atoms with van der Waals surface area (Å²) in [5, 5.41) is 0. The molecule has 0 spiro atoms. The minimum absolute atomic E-state index is 0.0167. The van der Waals surface area contributed by atoms with Gasteiger partial charge in [-0.2, -0.15) is 0 Å². The quantitative estimate of drug-likeness (QED) is 0.620. The van der Waals surface area contributed by atoms with Crippen LogP contribution in [-0.2, 0) is 4.79 Å². The molecule has 4 heteroatoms. The summed E-state index contributed by atoms with van der Waals surface area (Å²) in [5.41, 5.74) is 0. The molecule has 0 aromatic heterocycles. The third kappa shape index (κ3) is 4.31. The van der Waals surface area contributed by atoms with E-state index in [9.17, 15) is 9.18 Å². The number of esters is 1. The minimum atomic E-state index is -0.535. The molecule has 88 valence electrons. The summed E-state index contributed by atoms with van der Waals surface area (Å²) in [7, 11) is 0. The van der Waals surface area contributed by atoms with Gasteiger partial charge in [-0.15, -0.1) is 0 Å². The molecule has 0 aliphatic carbocycles. The number of ether oxygens (including phenoxy) is 1. The van der Waals surface area contributed by atoms with Crippen molar-refractivity contribution in [2.24, 2.45) is 5.92 Å². The van der Waals surface area contributed by atoms with Gasteiger partial charge in [0.2, 0.25) is 0 Å². The van der Waals surface area contributed by atoms with Gasteiger partial charge >= 0.3 is 5.97 Å². The summed E-state index contributed by atoms with van der Waals surface area (Å²) >= 11 is 3.13. The molecule has 0 amide bonds. The number of carbonyl (C=O) groups is 1. The molecular formula is C12H14BrFO2. The molecule has 0 unspecified atom stereocenters. The molecule has 0 heterocycles. The Bertz CT molecular complexity index is 377. The zero-order valence-electron chi connectivity index (χ0n) is 9.30. The highest BCUT2D eigenvalue weighted by Gasteiger charge is 2.10. The molecule has 16 heavy (non-hydrogen) atoms. The van der Waals surface area contributed by atoms with E-state index in [1.54, 1.807) is 6.07 Å². The monoisotopic (exact) mass is 288 g/mol. The van der Waals surface area contributed by atoms with E-state index in [4.69, 9.17) is 4.74 Å². The molecule has 1 aromatic rings. The standard InChI is InChI=1S/C12H14BrFO2/c1-8(2)3-6-12(15)16-11-5-4-9(13)7-10(11)14/h4-5,7-8H,3,6H2,1-2H3. The molecule has 0 aliphatic rings. The predicted molar refractivity (Wildman–Crippen MR) is 63.8 cm³/mol. The van der Waals surface area contributed by atoms with Crippen LogP contribution in [0, 0.1) is 11.7 Å². The van der Waals surface area contributed by atoms with Crippen LogP contribution in [0.1, 0.15) is 26.7 Å². The Hall–Kier alpha value is -0.900. The van der Waals surface area contributed by atoms with E-state index >= 15 is 0 Å². The van der Waals surface area contributed by atoms with E-state index < -0.39 is 11.8 Å². The fraction of sp³-hybridized carbons (Fsp3) is 0.417. The Kier molecular flexibility index (Phi) is 4.93. The van der Waals surface area contributed by atoms with Gasteiger partial charge < -0.3 is 4.74 Å². The molecule has 1 aromatic carbocycles. The Labute approximate surface area is 103 Å². The maximum Gasteiger partial charge on any atom is 0.311 e. The molecule has 0 N–H and O–H groups in total. The lowest BCUT2D eigenvalue weighted by Crippen LogP contribution is -2.09. The van der Waals surface area contributed by atoms with Gasteiger partial charge in [-0.1, -0.05) is 29.8 Å². The van der Waals surface area contributed by atoms with Crippen molar-refractivity contribution >= 4 is 21.9 Å². The normalized spacial score (nSPS) is 10.6. The topological polar surface area (TPSA) is 26.3 Å². The number of benzene rings is 1. The van der Waals surface area contributed by atoms with E-state index in [-0.39, 0.29) is 5.75 Å². The van der Waals surface area contributed by atoms with Gasteiger partial charge in [-0.25, -0.2) is 4.39 Å².